The molecule has 0 bridgehead atoms. The van der Waals surface area contributed by atoms with Crippen LogP contribution < -0.4 is 10.0 Å². The minimum Gasteiger partial charge on any atom is -0.379 e. The second kappa shape index (κ2) is 5.33. The van der Waals surface area contributed by atoms with Gasteiger partial charge < -0.3 is 10.5 Å². The molecule has 2 aliphatic heterocycles. The molecule has 1 fully saturated rings. The lowest BCUT2D eigenvalue weighted by atomic mass is 9.99. The van der Waals surface area contributed by atoms with E-state index >= 15 is 0 Å². The first kappa shape index (κ1) is 13.8. The largest absolute Gasteiger partial charge is 0.379 e. The number of morpholine rings is 1. The standard InChI is InChI=1S/C13H19N3O3S/c14-12-5-6-16(13-4-2-1-3-11(12)13)20(17,18)15-7-9-19-10-8-15/h1-4,12H,5-10,14H2. The summed E-state index contributed by atoms with van der Waals surface area (Å²) in [7, 11) is -3.49. The van der Waals surface area contributed by atoms with Crippen LogP contribution in [0.15, 0.2) is 24.3 Å². The van der Waals surface area contributed by atoms with Gasteiger partial charge in [-0.3, -0.25) is 4.31 Å². The van der Waals surface area contributed by atoms with Gasteiger partial charge in [0.2, 0.25) is 0 Å². The number of hydrogen-bond acceptors (Lipinski definition) is 4. The van der Waals surface area contributed by atoms with Gasteiger partial charge in [0, 0.05) is 25.7 Å². The van der Waals surface area contributed by atoms with Crippen LogP contribution in [0.4, 0.5) is 5.69 Å². The third-order valence-electron chi connectivity index (χ3n) is 3.82. The van der Waals surface area contributed by atoms with Crippen molar-refractivity contribution in [1.82, 2.24) is 4.31 Å². The number of para-hydroxylation sites is 1. The summed E-state index contributed by atoms with van der Waals surface area (Å²) in [6, 6.07) is 7.37. The van der Waals surface area contributed by atoms with E-state index in [4.69, 9.17) is 10.5 Å². The molecule has 6 nitrogen and oxygen atoms in total. The van der Waals surface area contributed by atoms with E-state index < -0.39 is 10.2 Å². The van der Waals surface area contributed by atoms with Gasteiger partial charge in [0.15, 0.2) is 0 Å². The van der Waals surface area contributed by atoms with Crippen LogP contribution in [0, 0.1) is 0 Å². The Morgan fingerprint density at radius 1 is 1.15 bits per heavy atom. The second-order valence-electron chi connectivity index (χ2n) is 5.05. The molecule has 2 aliphatic rings. The summed E-state index contributed by atoms with van der Waals surface area (Å²) in [5.41, 5.74) is 7.68. The molecule has 0 aromatic heterocycles. The van der Waals surface area contributed by atoms with Crippen LogP contribution in [0.1, 0.15) is 18.0 Å². The van der Waals surface area contributed by atoms with Gasteiger partial charge in [0.1, 0.15) is 0 Å². The minimum absolute atomic E-state index is 0.0951. The predicted octanol–water partition coefficient (Wildman–Crippen LogP) is 0.474. The zero-order chi connectivity index (χ0) is 14.2. The minimum atomic E-state index is -3.49. The first-order valence-electron chi connectivity index (χ1n) is 6.81. The number of rotatable bonds is 2. The summed E-state index contributed by atoms with van der Waals surface area (Å²) in [4.78, 5) is 0. The van der Waals surface area contributed by atoms with Gasteiger partial charge in [0.05, 0.1) is 18.9 Å². The predicted molar refractivity (Wildman–Crippen MR) is 76.6 cm³/mol. The highest BCUT2D eigenvalue weighted by Gasteiger charge is 2.35. The number of nitrogens with zero attached hydrogens (tertiary/aromatic N) is 2. The molecule has 110 valence electrons. The quantitative estimate of drug-likeness (QED) is 0.861. The molecule has 7 heteroatoms. The lowest BCUT2D eigenvalue weighted by Crippen LogP contribution is -2.50. The van der Waals surface area contributed by atoms with Crippen LogP contribution in [0.5, 0.6) is 0 Å². The van der Waals surface area contributed by atoms with Gasteiger partial charge in [-0.1, -0.05) is 18.2 Å². The lowest BCUT2D eigenvalue weighted by molar-refractivity contribution is 0.0729. The summed E-state index contributed by atoms with van der Waals surface area (Å²) < 4.78 is 33.7. The molecule has 1 aromatic carbocycles. The van der Waals surface area contributed by atoms with Crippen molar-refractivity contribution in [3.05, 3.63) is 29.8 Å². The molecule has 3 rings (SSSR count). The third-order valence-corrected chi connectivity index (χ3v) is 5.78. The molecule has 1 aromatic rings. The Hall–Kier alpha value is -1.15. The SMILES string of the molecule is NC1CCN(S(=O)(=O)N2CCOCC2)c2ccccc21. The zero-order valence-electron chi connectivity index (χ0n) is 11.2. The summed E-state index contributed by atoms with van der Waals surface area (Å²) in [6.45, 7) is 2.15. The molecule has 2 N–H and O–H groups in total. The number of anilines is 1. The van der Waals surface area contributed by atoms with Gasteiger partial charge in [0.25, 0.3) is 0 Å². The summed E-state index contributed by atoms with van der Waals surface area (Å²) in [5.74, 6) is 0. The summed E-state index contributed by atoms with van der Waals surface area (Å²) in [6.07, 6.45) is 0.639. The second-order valence-corrected chi connectivity index (χ2v) is 6.90. The average Bonchev–Trinajstić information content (AvgIpc) is 2.48. The normalized spacial score (nSPS) is 24.4. The summed E-state index contributed by atoms with van der Waals surface area (Å²) >= 11 is 0. The van der Waals surface area contributed by atoms with Crippen LogP contribution >= 0.6 is 0 Å². The highest BCUT2D eigenvalue weighted by Crippen LogP contribution is 2.34. The fraction of sp³-hybridized carbons (Fsp3) is 0.538. The maximum absolute atomic E-state index is 12.8. The fourth-order valence-electron chi connectivity index (χ4n) is 2.72. The van der Waals surface area contributed by atoms with Gasteiger partial charge in [-0.2, -0.15) is 12.7 Å². The van der Waals surface area contributed by atoms with E-state index in [1.807, 2.05) is 24.3 Å². The van der Waals surface area contributed by atoms with E-state index in [1.165, 1.54) is 8.61 Å². The molecule has 1 atom stereocenters. The van der Waals surface area contributed by atoms with Crippen molar-refractivity contribution in [2.24, 2.45) is 5.73 Å². The van der Waals surface area contributed by atoms with E-state index in [2.05, 4.69) is 0 Å². The van der Waals surface area contributed by atoms with Gasteiger partial charge in [-0.15, -0.1) is 0 Å². The number of hydrogen-bond donors (Lipinski definition) is 1. The first-order chi connectivity index (χ1) is 9.60. The Labute approximate surface area is 119 Å². The Balaban J connectivity index is 1.96. The van der Waals surface area contributed by atoms with Crippen molar-refractivity contribution >= 4 is 15.9 Å². The van der Waals surface area contributed by atoms with Crippen molar-refractivity contribution in [2.75, 3.05) is 37.2 Å². The van der Waals surface area contributed by atoms with Gasteiger partial charge in [-0.05, 0) is 18.1 Å². The highest BCUT2D eigenvalue weighted by atomic mass is 32.2. The number of ether oxygens (including phenoxy) is 1. The monoisotopic (exact) mass is 297 g/mol. The van der Waals surface area contributed by atoms with E-state index in [-0.39, 0.29) is 6.04 Å². The molecule has 0 spiro atoms. The molecular formula is C13H19N3O3S. The van der Waals surface area contributed by atoms with E-state index in [0.29, 0.717) is 45.0 Å². The Morgan fingerprint density at radius 3 is 2.60 bits per heavy atom. The third kappa shape index (κ3) is 2.31. The van der Waals surface area contributed by atoms with Crippen molar-refractivity contribution in [3.63, 3.8) is 0 Å². The molecule has 0 saturated carbocycles. The molecule has 20 heavy (non-hydrogen) atoms. The molecule has 1 unspecified atom stereocenters. The van der Waals surface area contributed by atoms with Gasteiger partial charge in [-0.25, -0.2) is 0 Å². The topological polar surface area (TPSA) is 75.9 Å². The van der Waals surface area contributed by atoms with Crippen LogP contribution in [-0.2, 0) is 14.9 Å². The number of benzene rings is 1. The van der Waals surface area contributed by atoms with Crippen molar-refractivity contribution in [1.29, 1.82) is 0 Å². The smallest absolute Gasteiger partial charge is 0.304 e. The maximum atomic E-state index is 12.8. The molecule has 0 amide bonds. The zero-order valence-corrected chi connectivity index (χ0v) is 12.1. The molecule has 1 saturated heterocycles. The van der Waals surface area contributed by atoms with Gasteiger partial charge >= 0.3 is 10.2 Å². The maximum Gasteiger partial charge on any atom is 0.304 e. The number of nitrogens with two attached hydrogens (primary N) is 1. The van der Waals surface area contributed by atoms with Crippen molar-refractivity contribution in [3.8, 4) is 0 Å². The van der Waals surface area contributed by atoms with E-state index in [0.717, 1.165) is 5.56 Å². The molecule has 2 heterocycles. The van der Waals surface area contributed by atoms with Crippen molar-refractivity contribution < 1.29 is 13.2 Å². The Kier molecular flexibility index (Phi) is 3.68. The molecular weight excluding hydrogens is 278 g/mol. The molecule has 0 radical (unpaired) electrons. The van der Waals surface area contributed by atoms with Crippen LogP contribution in [-0.4, -0.2) is 45.6 Å². The van der Waals surface area contributed by atoms with Crippen LogP contribution in [0.25, 0.3) is 0 Å². The van der Waals surface area contributed by atoms with Crippen LogP contribution in [0.2, 0.25) is 0 Å². The number of fused-ring (bicyclic) bond motifs is 1. The lowest BCUT2D eigenvalue weighted by Gasteiger charge is -2.37. The van der Waals surface area contributed by atoms with Crippen LogP contribution in [0.3, 0.4) is 0 Å². The average molecular weight is 297 g/mol. The molecule has 0 aliphatic carbocycles. The Bertz CT molecular complexity index is 584. The highest BCUT2D eigenvalue weighted by molar-refractivity contribution is 7.90. The fourth-order valence-corrected chi connectivity index (χ4v) is 4.36. The van der Waals surface area contributed by atoms with E-state index in [1.54, 1.807) is 0 Å². The van der Waals surface area contributed by atoms with Crippen molar-refractivity contribution in [2.45, 2.75) is 12.5 Å². The Morgan fingerprint density at radius 2 is 1.85 bits per heavy atom. The first-order valence-corrected chi connectivity index (χ1v) is 8.20. The van der Waals surface area contributed by atoms with E-state index in [9.17, 15) is 8.42 Å². The summed E-state index contributed by atoms with van der Waals surface area (Å²) in [5, 5.41) is 0.